The van der Waals surface area contributed by atoms with Crippen LogP contribution in [-0.2, 0) is 9.47 Å². The monoisotopic (exact) mass is 185 g/mol. The topological polar surface area (TPSA) is 30.5 Å². The zero-order valence-electron chi connectivity index (χ0n) is 8.13. The number of ether oxygens (including phenoxy) is 2. The van der Waals surface area contributed by atoms with Crippen molar-refractivity contribution >= 4 is 0 Å². The number of hydrogen-bond acceptors (Lipinski definition) is 3. The van der Waals surface area contributed by atoms with E-state index >= 15 is 0 Å². The Morgan fingerprint density at radius 2 is 2.08 bits per heavy atom. The minimum absolute atomic E-state index is 0.475. The summed E-state index contributed by atoms with van der Waals surface area (Å²) in [5, 5.41) is 3.31. The first-order chi connectivity index (χ1) is 6.45. The second-order valence-corrected chi connectivity index (χ2v) is 4.00. The molecule has 0 saturated carbocycles. The van der Waals surface area contributed by atoms with E-state index in [4.69, 9.17) is 9.47 Å². The molecule has 0 bridgehead atoms. The molecule has 2 aliphatic heterocycles. The summed E-state index contributed by atoms with van der Waals surface area (Å²) < 4.78 is 11.1. The van der Waals surface area contributed by atoms with E-state index in [2.05, 4.69) is 5.32 Å². The Kier molecular flexibility index (Phi) is 3.58. The Labute approximate surface area is 79.8 Å². The Balaban J connectivity index is 1.60. The van der Waals surface area contributed by atoms with Gasteiger partial charge in [0.2, 0.25) is 0 Å². The maximum atomic E-state index is 5.82. The third-order valence-electron chi connectivity index (χ3n) is 2.92. The minimum Gasteiger partial charge on any atom is -0.381 e. The largest absolute Gasteiger partial charge is 0.381 e. The van der Waals surface area contributed by atoms with Crippen LogP contribution in [0, 0.1) is 5.92 Å². The summed E-state index contributed by atoms with van der Waals surface area (Å²) in [6, 6.07) is 0. The molecule has 13 heavy (non-hydrogen) atoms. The van der Waals surface area contributed by atoms with Gasteiger partial charge in [0.05, 0.1) is 6.10 Å². The van der Waals surface area contributed by atoms with Crippen LogP contribution in [0.3, 0.4) is 0 Å². The number of hydrogen-bond donors (Lipinski definition) is 1. The molecule has 2 rings (SSSR count). The van der Waals surface area contributed by atoms with Crippen molar-refractivity contribution in [3.63, 3.8) is 0 Å². The Hall–Kier alpha value is -0.120. The molecule has 2 fully saturated rings. The summed E-state index contributed by atoms with van der Waals surface area (Å²) in [4.78, 5) is 0. The van der Waals surface area contributed by atoms with Gasteiger partial charge in [-0.05, 0) is 31.7 Å². The SMILES string of the molecule is C1C[C@H](OCC2CCOCC2)CN1. The fourth-order valence-corrected chi connectivity index (χ4v) is 1.96. The van der Waals surface area contributed by atoms with Crippen LogP contribution in [0.2, 0.25) is 0 Å². The zero-order chi connectivity index (χ0) is 8.93. The van der Waals surface area contributed by atoms with Crippen LogP contribution in [0.25, 0.3) is 0 Å². The van der Waals surface area contributed by atoms with E-state index in [1.54, 1.807) is 0 Å². The van der Waals surface area contributed by atoms with Crippen LogP contribution in [0.4, 0.5) is 0 Å². The first-order valence-corrected chi connectivity index (χ1v) is 5.35. The summed E-state index contributed by atoms with van der Waals surface area (Å²) in [5.41, 5.74) is 0. The molecule has 0 unspecified atom stereocenters. The number of nitrogens with one attached hydrogen (secondary N) is 1. The predicted molar refractivity (Wildman–Crippen MR) is 50.8 cm³/mol. The lowest BCUT2D eigenvalue weighted by Crippen LogP contribution is -2.24. The van der Waals surface area contributed by atoms with Crippen LogP contribution < -0.4 is 5.32 Å². The Morgan fingerprint density at radius 1 is 1.23 bits per heavy atom. The zero-order valence-corrected chi connectivity index (χ0v) is 8.13. The van der Waals surface area contributed by atoms with Crippen molar-refractivity contribution in [2.45, 2.75) is 25.4 Å². The standard InChI is InChI=1S/C10H19NO2/c1-4-11-7-10(1)13-8-9-2-5-12-6-3-9/h9-11H,1-8H2/t10-/m0/s1. The van der Waals surface area contributed by atoms with Gasteiger partial charge in [-0.15, -0.1) is 0 Å². The van der Waals surface area contributed by atoms with Gasteiger partial charge in [0.25, 0.3) is 0 Å². The lowest BCUT2D eigenvalue weighted by atomic mass is 10.0. The van der Waals surface area contributed by atoms with Crippen molar-refractivity contribution in [2.24, 2.45) is 5.92 Å². The molecule has 2 aliphatic rings. The van der Waals surface area contributed by atoms with E-state index in [-0.39, 0.29) is 0 Å². The van der Waals surface area contributed by atoms with Crippen molar-refractivity contribution < 1.29 is 9.47 Å². The summed E-state index contributed by atoms with van der Waals surface area (Å²) in [6.07, 6.45) is 4.02. The Morgan fingerprint density at radius 3 is 2.77 bits per heavy atom. The fraction of sp³-hybridized carbons (Fsp3) is 1.00. The van der Waals surface area contributed by atoms with Crippen LogP contribution in [0.5, 0.6) is 0 Å². The van der Waals surface area contributed by atoms with E-state index in [1.165, 1.54) is 19.3 Å². The van der Waals surface area contributed by atoms with Crippen molar-refractivity contribution in [1.29, 1.82) is 0 Å². The fourth-order valence-electron chi connectivity index (χ4n) is 1.96. The van der Waals surface area contributed by atoms with E-state index in [0.29, 0.717) is 6.10 Å². The molecule has 2 heterocycles. The summed E-state index contributed by atoms with van der Waals surface area (Å²) in [5.74, 6) is 0.745. The van der Waals surface area contributed by atoms with E-state index in [0.717, 1.165) is 38.8 Å². The summed E-state index contributed by atoms with van der Waals surface area (Å²) >= 11 is 0. The molecular formula is C10H19NO2. The molecule has 0 aliphatic carbocycles. The first-order valence-electron chi connectivity index (χ1n) is 5.35. The molecule has 1 atom stereocenters. The first kappa shape index (κ1) is 9.44. The highest BCUT2D eigenvalue weighted by molar-refractivity contribution is 4.72. The molecule has 3 heteroatoms. The van der Waals surface area contributed by atoms with Gasteiger partial charge < -0.3 is 14.8 Å². The molecule has 0 aromatic rings. The minimum atomic E-state index is 0.475. The highest BCUT2D eigenvalue weighted by Gasteiger charge is 2.18. The van der Waals surface area contributed by atoms with Gasteiger partial charge in [-0.1, -0.05) is 0 Å². The lowest BCUT2D eigenvalue weighted by Gasteiger charge is -2.23. The van der Waals surface area contributed by atoms with E-state index in [1.807, 2.05) is 0 Å². The summed E-state index contributed by atoms with van der Waals surface area (Å²) in [6.45, 7) is 4.96. The van der Waals surface area contributed by atoms with Gasteiger partial charge in [0, 0.05) is 26.4 Å². The lowest BCUT2D eigenvalue weighted by molar-refractivity contribution is -0.00416. The predicted octanol–water partition coefficient (Wildman–Crippen LogP) is 0.791. The number of rotatable bonds is 3. The molecular weight excluding hydrogens is 166 g/mol. The normalized spacial score (nSPS) is 30.9. The molecule has 0 spiro atoms. The third kappa shape index (κ3) is 2.93. The third-order valence-corrected chi connectivity index (χ3v) is 2.92. The van der Waals surface area contributed by atoms with Crippen LogP contribution in [0.1, 0.15) is 19.3 Å². The van der Waals surface area contributed by atoms with Crippen LogP contribution >= 0.6 is 0 Å². The Bertz CT molecular complexity index is 140. The van der Waals surface area contributed by atoms with Gasteiger partial charge in [-0.25, -0.2) is 0 Å². The van der Waals surface area contributed by atoms with Gasteiger partial charge in [-0.3, -0.25) is 0 Å². The molecule has 0 amide bonds. The molecule has 0 aromatic carbocycles. The smallest absolute Gasteiger partial charge is 0.0711 e. The quantitative estimate of drug-likeness (QED) is 0.705. The van der Waals surface area contributed by atoms with Crippen molar-refractivity contribution in [3.05, 3.63) is 0 Å². The van der Waals surface area contributed by atoms with Crippen molar-refractivity contribution in [1.82, 2.24) is 5.32 Å². The average molecular weight is 185 g/mol. The van der Waals surface area contributed by atoms with E-state index in [9.17, 15) is 0 Å². The molecule has 0 radical (unpaired) electrons. The molecule has 3 nitrogen and oxygen atoms in total. The summed E-state index contributed by atoms with van der Waals surface area (Å²) in [7, 11) is 0. The highest BCUT2D eigenvalue weighted by atomic mass is 16.5. The molecule has 0 aromatic heterocycles. The van der Waals surface area contributed by atoms with Crippen molar-refractivity contribution in [2.75, 3.05) is 32.9 Å². The van der Waals surface area contributed by atoms with Gasteiger partial charge >= 0.3 is 0 Å². The maximum Gasteiger partial charge on any atom is 0.0711 e. The average Bonchev–Trinajstić information content (AvgIpc) is 2.69. The van der Waals surface area contributed by atoms with E-state index < -0.39 is 0 Å². The second kappa shape index (κ2) is 4.94. The van der Waals surface area contributed by atoms with Gasteiger partial charge in [-0.2, -0.15) is 0 Å². The van der Waals surface area contributed by atoms with Crippen molar-refractivity contribution in [3.8, 4) is 0 Å². The molecule has 1 N–H and O–H groups in total. The highest BCUT2D eigenvalue weighted by Crippen LogP contribution is 2.16. The van der Waals surface area contributed by atoms with Crippen LogP contribution in [-0.4, -0.2) is 39.0 Å². The van der Waals surface area contributed by atoms with Gasteiger partial charge in [0.1, 0.15) is 0 Å². The second-order valence-electron chi connectivity index (χ2n) is 4.00. The molecule has 76 valence electrons. The molecule has 2 saturated heterocycles. The maximum absolute atomic E-state index is 5.82. The van der Waals surface area contributed by atoms with Gasteiger partial charge in [0.15, 0.2) is 0 Å². The van der Waals surface area contributed by atoms with Crippen LogP contribution in [0.15, 0.2) is 0 Å².